The van der Waals surface area contributed by atoms with Crippen molar-refractivity contribution in [3.05, 3.63) is 58.3 Å². The van der Waals surface area contributed by atoms with E-state index in [1.54, 1.807) is 12.1 Å². The normalized spacial score (nSPS) is 11.4. The maximum Gasteiger partial charge on any atom is 0.387 e. The summed E-state index contributed by atoms with van der Waals surface area (Å²) < 4.78 is 42.2. The minimum atomic E-state index is -2.88. The van der Waals surface area contributed by atoms with Crippen LogP contribution in [0.15, 0.2) is 34.7 Å². The largest absolute Gasteiger partial charge is 0.488 e. The van der Waals surface area contributed by atoms with Crippen LogP contribution in [0.1, 0.15) is 54.7 Å². The number of alkyl halides is 2. The highest BCUT2D eigenvalue weighted by molar-refractivity contribution is 5.83. The molecule has 0 bridgehead atoms. The van der Waals surface area contributed by atoms with E-state index in [9.17, 15) is 8.78 Å². The molecule has 3 rings (SSSR count). The zero-order valence-electron chi connectivity index (χ0n) is 17.5. The SMILES string of the molecule is CCCc1cc2cc(OC(F)F)cc(COc3ccc(CCC)c(C)c3C)c2o1. The standard InChI is InChI=1S/C24H28F2O3/c1-5-7-17-9-10-22(16(4)15(17)3)27-14-19-13-21(29-24(25)26)12-18-11-20(8-6-2)28-23(18)19/h9-13,24H,5-8,14H2,1-4H3. The van der Waals surface area contributed by atoms with Gasteiger partial charge in [0, 0.05) is 17.4 Å². The van der Waals surface area contributed by atoms with E-state index in [1.165, 1.54) is 11.1 Å². The van der Waals surface area contributed by atoms with Crippen LogP contribution in [0.25, 0.3) is 11.0 Å². The number of benzene rings is 2. The minimum absolute atomic E-state index is 0.112. The molecule has 156 valence electrons. The van der Waals surface area contributed by atoms with Crippen LogP contribution >= 0.6 is 0 Å². The first-order chi connectivity index (χ1) is 13.9. The number of hydrogen-bond donors (Lipinski definition) is 0. The zero-order valence-corrected chi connectivity index (χ0v) is 17.5. The molecule has 1 heterocycles. The van der Waals surface area contributed by atoms with Gasteiger partial charge in [0.2, 0.25) is 0 Å². The van der Waals surface area contributed by atoms with Crippen LogP contribution in [-0.2, 0) is 19.4 Å². The quantitative estimate of drug-likeness (QED) is 0.381. The lowest BCUT2D eigenvalue weighted by molar-refractivity contribution is -0.0498. The highest BCUT2D eigenvalue weighted by Crippen LogP contribution is 2.32. The van der Waals surface area contributed by atoms with Crippen LogP contribution < -0.4 is 9.47 Å². The predicted molar refractivity (Wildman–Crippen MR) is 111 cm³/mol. The zero-order chi connectivity index (χ0) is 21.0. The van der Waals surface area contributed by atoms with Gasteiger partial charge in [0.25, 0.3) is 0 Å². The molecule has 2 aromatic carbocycles. The third-order valence-electron chi connectivity index (χ3n) is 5.19. The van der Waals surface area contributed by atoms with Crippen LogP contribution in [0.3, 0.4) is 0 Å². The number of hydrogen-bond acceptors (Lipinski definition) is 3. The molecule has 0 aliphatic heterocycles. The lowest BCUT2D eigenvalue weighted by Gasteiger charge is -2.15. The van der Waals surface area contributed by atoms with E-state index in [1.807, 2.05) is 19.1 Å². The number of halogens is 2. The Labute approximate surface area is 170 Å². The molecule has 0 spiro atoms. The van der Waals surface area contributed by atoms with Gasteiger partial charge in [-0.25, -0.2) is 0 Å². The summed E-state index contributed by atoms with van der Waals surface area (Å²) in [6.45, 7) is 5.71. The molecule has 0 radical (unpaired) electrons. The Kier molecular flexibility index (Phi) is 6.78. The van der Waals surface area contributed by atoms with Crippen LogP contribution in [0.5, 0.6) is 11.5 Å². The van der Waals surface area contributed by atoms with Gasteiger partial charge in [-0.3, -0.25) is 0 Å². The Hall–Kier alpha value is -2.56. The van der Waals surface area contributed by atoms with Gasteiger partial charge in [0.05, 0.1) is 0 Å². The van der Waals surface area contributed by atoms with E-state index in [4.69, 9.17) is 9.15 Å². The van der Waals surface area contributed by atoms with Gasteiger partial charge in [0.1, 0.15) is 29.4 Å². The molecule has 3 aromatic rings. The predicted octanol–water partition coefficient (Wildman–Crippen LogP) is 7.14. The maximum atomic E-state index is 12.8. The highest BCUT2D eigenvalue weighted by Gasteiger charge is 2.15. The third kappa shape index (κ3) is 4.89. The summed E-state index contributed by atoms with van der Waals surface area (Å²) >= 11 is 0. The number of furan rings is 1. The highest BCUT2D eigenvalue weighted by atomic mass is 19.3. The molecule has 3 nitrogen and oxygen atoms in total. The number of rotatable bonds is 9. The third-order valence-corrected chi connectivity index (χ3v) is 5.19. The van der Waals surface area contributed by atoms with E-state index in [0.29, 0.717) is 11.1 Å². The molecular formula is C24H28F2O3. The van der Waals surface area contributed by atoms with Gasteiger partial charge >= 0.3 is 6.61 Å². The van der Waals surface area contributed by atoms with Gasteiger partial charge in [0.15, 0.2) is 0 Å². The van der Waals surface area contributed by atoms with Crippen molar-refractivity contribution in [1.82, 2.24) is 0 Å². The van der Waals surface area contributed by atoms with Gasteiger partial charge in [-0.05, 0) is 67.6 Å². The molecule has 29 heavy (non-hydrogen) atoms. The molecule has 0 saturated heterocycles. The van der Waals surface area contributed by atoms with E-state index in [2.05, 4.69) is 31.6 Å². The average molecular weight is 402 g/mol. The smallest absolute Gasteiger partial charge is 0.387 e. The average Bonchev–Trinajstić information content (AvgIpc) is 3.07. The summed E-state index contributed by atoms with van der Waals surface area (Å²) in [5.41, 5.74) is 5.00. The summed E-state index contributed by atoms with van der Waals surface area (Å²) in [4.78, 5) is 0. The van der Waals surface area contributed by atoms with E-state index < -0.39 is 6.61 Å². The lowest BCUT2D eigenvalue weighted by atomic mass is 9.99. The summed E-state index contributed by atoms with van der Waals surface area (Å²) in [5.74, 6) is 1.73. The fraction of sp³-hybridized carbons (Fsp3) is 0.417. The summed E-state index contributed by atoms with van der Waals surface area (Å²) in [6, 6.07) is 9.12. The van der Waals surface area contributed by atoms with E-state index in [0.717, 1.165) is 48.1 Å². The van der Waals surface area contributed by atoms with Gasteiger partial charge in [-0.2, -0.15) is 8.78 Å². The molecule has 0 saturated carbocycles. The summed E-state index contributed by atoms with van der Waals surface area (Å²) in [5, 5.41) is 0.747. The molecule has 1 aromatic heterocycles. The van der Waals surface area contributed by atoms with Crippen molar-refractivity contribution in [1.29, 1.82) is 0 Å². The fourth-order valence-electron chi connectivity index (χ4n) is 3.60. The van der Waals surface area contributed by atoms with Crippen molar-refractivity contribution in [3.8, 4) is 11.5 Å². The molecule has 5 heteroatoms. The Morgan fingerprint density at radius 2 is 1.69 bits per heavy atom. The first kappa shape index (κ1) is 21.2. The maximum absolute atomic E-state index is 12.8. The van der Waals surface area contributed by atoms with Crippen molar-refractivity contribution in [2.24, 2.45) is 0 Å². The van der Waals surface area contributed by atoms with Gasteiger partial charge < -0.3 is 13.9 Å². The first-order valence-corrected chi connectivity index (χ1v) is 10.1. The van der Waals surface area contributed by atoms with E-state index >= 15 is 0 Å². The molecule has 0 fully saturated rings. The van der Waals surface area contributed by atoms with Gasteiger partial charge in [-0.15, -0.1) is 0 Å². The van der Waals surface area contributed by atoms with Crippen molar-refractivity contribution < 1.29 is 22.7 Å². The molecule has 0 aliphatic carbocycles. The topological polar surface area (TPSA) is 31.6 Å². The Morgan fingerprint density at radius 1 is 0.931 bits per heavy atom. The van der Waals surface area contributed by atoms with Crippen LogP contribution in [-0.4, -0.2) is 6.61 Å². The Balaban J connectivity index is 1.91. The van der Waals surface area contributed by atoms with Crippen LogP contribution in [0.2, 0.25) is 0 Å². The summed E-state index contributed by atoms with van der Waals surface area (Å²) in [7, 11) is 0. The van der Waals surface area contributed by atoms with Crippen LogP contribution in [0.4, 0.5) is 8.78 Å². The number of ether oxygens (including phenoxy) is 2. The second kappa shape index (κ2) is 9.29. The van der Waals surface area contributed by atoms with E-state index in [-0.39, 0.29) is 12.4 Å². The molecule has 0 unspecified atom stereocenters. The van der Waals surface area contributed by atoms with Crippen molar-refractivity contribution in [3.63, 3.8) is 0 Å². The molecule has 0 amide bonds. The summed E-state index contributed by atoms with van der Waals surface area (Å²) in [6.07, 6.45) is 3.85. The fourth-order valence-corrected chi connectivity index (χ4v) is 3.60. The minimum Gasteiger partial charge on any atom is -0.488 e. The monoisotopic (exact) mass is 402 g/mol. The molecular weight excluding hydrogens is 374 g/mol. The molecule has 0 aliphatic rings. The van der Waals surface area contributed by atoms with Crippen molar-refractivity contribution in [2.75, 3.05) is 0 Å². The molecule has 0 N–H and O–H groups in total. The molecule has 0 atom stereocenters. The Bertz CT molecular complexity index is 976. The second-order valence-corrected chi connectivity index (χ2v) is 7.35. The van der Waals surface area contributed by atoms with Gasteiger partial charge in [-0.1, -0.05) is 26.3 Å². The number of fused-ring (bicyclic) bond motifs is 1. The Morgan fingerprint density at radius 3 is 2.38 bits per heavy atom. The first-order valence-electron chi connectivity index (χ1n) is 10.1. The van der Waals surface area contributed by atoms with Crippen molar-refractivity contribution in [2.45, 2.75) is 66.6 Å². The second-order valence-electron chi connectivity index (χ2n) is 7.35. The number of aryl methyl sites for hydroxylation is 2. The lowest BCUT2D eigenvalue weighted by Crippen LogP contribution is -2.04. The van der Waals surface area contributed by atoms with Crippen molar-refractivity contribution >= 4 is 11.0 Å². The van der Waals surface area contributed by atoms with Crippen LogP contribution in [0, 0.1) is 13.8 Å².